The minimum Gasteiger partial charge on any atom is -0.495 e. The summed E-state index contributed by atoms with van der Waals surface area (Å²) in [6, 6.07) is 6.95. The van der Waals surface area contributed by atoms with Gasteiger partial charge in [0.05, 0.1) is 25.8 Å². The van der Waals surface area contributed by atoms with E-state index in [9.17, 15) is 8.78 Å². The zero-order valence-corrected chi connectivity index (χ0v) is 10.6. The van der Waals surface area contributed by atoms with Crippen molar-refractivity contribution < 1.29 is 18.6 Å². The van der Waals surface area contributed by atoms with Crippen LogP contribution in [0.3, 0.4) is 0 Å². The lowest BCUT2D eigenvalue weighted by Gasteiger charge is -2.21. The van der Waals surface area contributed by atoms with Crippen molar-refractivity contribution in [3.63, 3.8) is 0 Å². The molecule has 0 saturated carbocycles. The quantitative estimate of drug-likeness (QED) is 0.818. The van der Waals surface area contributed by atoms with Gasteiger partial charge in [-0.05, 0) is 17.7 Å². The van der Waals surface area contributed by atoms with Crippen molar-refractivity contribution in [3.05, 3.63) is 29.3 Å². The Balaban J connectivity index is 2.82. The molecule has 19 heavy (non-hydrogen) atoms. The third kappa shape index (κ3) is 4.81. The van der Waals surface area contributed by atoms with E-state index in [-0.39, 0.29) is 19.7 Å². The molecule has 0 spiro atoms. The van der Waals surface area contributed by atoms with Gasteiger partial charge < -0.3 is 9.84 Å². The van der Waals surface area contributed by atoms with Crippen molar-refractivity contribution in [3.8, 4) is 11.8 Å². The number of aliphatic hydroxyl groups is 1. The number of nitrogens with zero attached hydrogens (tertiary/aromatic N) is 2. The van der Waals surface area contributed by atoms with E-state index < -0.39 is 13.0 Å². The van der Waals surface area contributed by atoms with Crippen LogP contribution < -0.4 is 4.74 Å². The van der Waals surface area contributed by atoms with Crippen molar-refractivity contribution in [1.29, 1.82) is 5.26 Å². The minimum atomic E-state index is -2.46. The number of nitriles is 1. The van der Waals surface area contributed by atoms with E-state index in [1.165, 1.54) is 12.0 Å². The second kappa shape index (κ2) is 7.67. The second-order valence-electron chi connectivity index (χ2n) is 4.00. The molecule has 0 fully saturated rings. The molecule has 0 unspecified atom stereocenters. The fourth-order valence-corrected chi connectivity index (χ4v) is 1.77. The summed E-state index contributed by atoms with van der Waals surface area (Å²) in [5, 5.41) is 17.8. The summed E-state index contributed by atoms with van der Waals surface area (Å²) >= 11 is 0. The summed E-state index contributed by atoms with van der Waals surface area (Å²) < 4.78 is 29.8. The first-order valence-electron chi connectivity index (χ1n) is 5.79. The maximum Gasteiger partial charge on any atom is 0.251 e. The monoisotopic (exact) mass is 270 g/mol. The number of methoxy groups -OCH3 is 1. The van der Waals surface area contributed by atoms with Gasteiger partial charge in [0.15, 0.2) is 0 Å². The molecule has 1 N–H and O–H groups in total. The highest BCUT2D eigenvalue weighted by molar-refractivity contribution is 5.45. The van der Waals surface area contributed by atoms with Crippen LogP contribution in [0.25, 0.3) is 0 Å². The normalized spacial score (nSPS) is 10.8. The molecular formula is C13H16F2N2O2. The summed E-state index contributed by atoms with van der Waals surface area (Å²) in [5.41, 5.74) is 1.09. The topological polar surface area (TPSA) is 56.5 Å². The van der Waals surface area contributed by atoms with E-state index >= 15 is 0 Å². The van der Waals surface area contributed by atoms with E-state index in [0.717, 1.165) is 5.56 Å². The van der Waals surface area contributed by atoms with Gasteiger partial charge in [-0.3, -0.25) is 4.90 Å². The third-order valence-electron chi connectivity index (χ3n) is 2.60. The van der Waals surface area contributed by atoms with Crippen molar-refractivity contribution in [2.24, 2.45) is 0 Å². The van der Waals surface area contributed by atoms with Gasteiger partial charge in [0.2, 0.25) is 0 Å². The highest BCUT2D eigenvalue weighted by atomic mass is 19.3. The lowest BCUT2D eigenvalue weighted by molar-refractivity contribution is 0.0746. The van der Waals surface area contributed by atoms with Crippen LogP contribution in [-0.2, 0) is 6.54 Å². The summed E-state index contributed by atoms with van der Waals surface area (Å²) in [7, 11) is 1.46. The summed E-state index contributed by atoms with van der Waals surface area (Å²) in [5.74, 6) is 0.453. The number of ether oxygens (including phenoxy) is 1. The highest BCUT2D eigenvalue weighted by Gasteiger charge is 2.13. The van der Waals surface area contributed by atoms with Crippen LogP contribution in [0.5, 0.6) is 5.75 Å². The van der Waals surface area contributed by atoms with Gasteiger partial charge in [-0.2, -0.15) is 5.26 Å². The molecule has 0 aliphatic heterocycles. The highest BCUT2D eigenvalue weighted by Crippen LogP contribution is 2.19. The molecule has 0 bridgehead atoms. The van der Waals surface area contributed by atoms with E-state index in [1.54, 1.807) is 18.2 Å². The number of aliphatic hydroxyl groups excluding tert-OH is 1. The number of halogens is 2. The molecule has 6 heteroatoms. The predicted molar refractivity (Wildman–Crippen MR) is 66.1 cm³/mol. The molecule has 0 aliphatic carbocycles. The zero-order chi connectivity index (χ0) is 14.3. The van der Waals surface area contributed by atoms with Crippen LogP contribution in [-0.4, -0.2) is 43.2 Å². The van der Waals surface area contributed by atoms with Crippen LogP contribution in [0, 0.1) is 11.3 Å². The molecule has 0 amide bonds. The summed E-state index contributed by atoms with van der Waals surface area (Å²) in [6.45, 7) is -0.176. The van der Waals surface area contributed by atoms with Gasteiger partial charge in [0.1, 0.15) is 11.8 Å². The molecular weight excluding hydrogens is 254 g/mol. The first-order chi connectivity index (χ1) is 9.10. The number of hydrogen-bond acceptors (Lipinski definition) is 4. The van der Waals surface area contributed by atoms with Crippen LogP contribution in [0.15, 0.2) is 18.2 Å². The van der Waals surface area contributed by atoms with E-state index in [2.05, 4.69) is 0 Å². The molecule has 4 nitrogen and oxygen atoms in total. The lowest BCUT2D eigenvalue weighted by Crippen LogP contribution is -2.31. The summed E-state index contributed by atoms with van der Waals surface area (Å²) in [4.78, 5) is 1.44. The Kier molecular flexibility index (Phi) is 6.19. The van der Waals surface area contributed by atoms with Crippen LogP contribution in [0.4, 0.5) is 8.78 Å². The Hall–Kier alpha value is -1.71. The molecule has 0 atom stereocenters. The predicted octanol–water partition coefficient (Wildman–Crippen LogP) is 1.63. The van der Waals surface area contributed by atoms with E-state index in [1.807, 2.05) is 6.07 Å². The van der Waals surface area contributed by atoms with E-state index in [4.69, 9.17) is 15.1 Å². The first-order valence-corrected chi connectivity index (χ1v) is 5.79. The fraction of sp³-hybridized carbons (Fsp3) is 0.462. The molecule has 0 heterocycles. The van der Waals surface area contributed by atoms with Crippen molar-refractivity contribution in [2.75, 3.05) is 26.8 Å². The minimum absolute atomic E-state index is 0.165. The van der Waals surface area contributed by atoms with Gasteiger partial charge in [-0.1, -0.05) is 6.07 Å². The SMILES string of the molecule is COc1ccc(CN(CCO)CC(F)F)cc1C#N. The Labute approximate surface area is 110 Å². The van der Waals surface area contributed by atoms with E-state index in [0.29, 0.717) is 11.3 Å². The molecule has 0 aliphatic rings. The third-order valence-corrected chi connectivity index (χ3v) is 2.60. The Morgan fingerprint density at radius 1 is 1.47 bits per heavy atom. The molecule has 1 aromatic rings. The fourth-order valence-electron chi connectivity index (χ4n) is 1.77. The second-order valence-corrected chi connectivity index (χ2v) is 4.00. The van der Waals surface area contributed by atoms with Gasteiger partial charge in [-0.15, -0.1) is 0 Å². The lowest BCUT2D eigenvalue weighted by atomic mass is 10.1. The van der Waals surface area contributed by atoms with Gasteiger partial charge in [0, 0.05) is 13.1 Å². The molecule has 104 valence electrons. The van der Waals surface area contributed by atoms with Gasteiger partial charge in [0.25, 0.3) is 6.43 Å². The number of alkyl halides is 2. The van der Waals surface area contributed by atoms with Crippen LogP contribution in [0.2, 0.25) is 0 Å². The number of hydrogen-bond donors (Lipinski definition) is 1. The number of benzene rings is 1. The summed E-state index contributed by atoms with van der Waals surface area (Å²) in [6.07, 6.45) is -2.46. The van der Waals surface area contributed by atoms with Crippen molar-refractivity contribution in [2.45, 2.75) is 13.0 Å². The molecule has 0 aromatic heterocycles. The molecule has 0 radical (unpaired) electrons. The zero-order valence-electron chi connectivity index (χ0n) is 10.6. The Bertz CT molecular complexity index is 447. The van der Waals surface area contributed by atoms with Crippen molar-refractivity contribution in [1.82, 2.24) is 4.90 Å². The maximum absolute atomic E-state index is 12.4. The standard InChI is InChI=1S/C13H16F2N2O2/c1-19-12-3-2-10(6-11(12)7-16)8-17(4-5-18)9-13(14)15/h2-3,6,13,18H,4-5,8-9H2,1H3. The average molecular weight is 270 g/mol. The Morgan fingerprint density at radius 2 is 2.21 bits per heavy atom. The molecule has 1 rings (SSSR count). The van der Waals surface area contributed by atoms with Crippen LogP contribution in [0.1, 0.15) is 11.1 Å². The largest absolute Gasteiger partial charge is 0.495 e. The molecule has 0 saturated heterocycles. The average Bonchev–Trinajstić information content (AvgIpc) is 2.38. The van der Waals surface area contributed by atoms with Gasteiger partial charge in [-0.25, -0.2) is 8.78 Å². The molecule has 1 aromatic carbocycles. The Morgan fingerprint density at radius 3 is 2.74 bits per heavy atom. The number of rotatable bonds is 7. The van der Waals surface area contributed by atoms with Crippen LogP contribution >= 0.6 is 0 Å². The van der Waals surface area contributed by atoms with Gasteiger partial charge >= 0.3 is 0 Å². The smallest absolute Gasteiger partial charge is 0.251 e. The first kappa shape index (κ1) is 15.3. The van der Waals surface area contributed by atoms with Crippen molar-refractivity contribution >= 4 is 0 Å². The maximum atomic E-state index is 12.4.